The van der Waals surface area contributed by atoms with Gasteiger partial charge in [0.15, 0.2) is 14.6 Å². The van der Waals surface area contributed by atoms with Gasteiger partial charge in [-0.15, -0.1) is 0 Å². The van der Waals surface area contributed by atoms with Crippen LogP contribution in [0.4, 0.5) is 10.5 Å². The highest BCUT2D eigenvalue weighted by atomic mass is 32.2. The molecule has 0 saturated carbocycles. The number of hydrogen-bond donors (Lipinski definition) is 1. The summed E-state index contributed by atoms with van der Waals surface area (Å²) in [5.41, 5.74) is 1.66. The van der Waals surface area contributed by atoms with Gasteiger partial charge in [0.05, 0.1) is 13.2 Å². The number of esters is 1. The fourth-order valence-electron chi connectivity index (χ4n) is 3.07. The SMILES string of the molecule is CCOC(=O)[C@@](C)(C[C@H]1CN(c2ccc(CCCO)cc2)C(=O)O1)S(C)(=O)=O. The zero-order chi connectivity index (χ0) is 20.9. The van der Waals surface area contributed by atoms with E-state index in [1.807, 2.05) is 12.1 Å². The van der Waals surface area contributed by atoms with E-state index in [0.717, 1.165) is 18.2 Å². The maximum atomic E-state index is 12.3. The quantitative estimate of drug-likeness (QED) is 0.614. The Labute approximate surface area is 165 Å². The van der Waals surface area contributed by atoms with Crippen molar-refractivity contribution in [3.8, 4) is 0 Å². The normalized spacial score (nSPS) is 19.2. The molecular formula is C19H27NO7S. The van der Waals surface area contributed by atoms with Gasteiger partial charge in [0.25, 0.3) is 0 Å². The molecule has 0 spiro atoms. The lowest BCUT2D eigenvalue weighted by atomic mass is 10.0. The predicted octanol–water partition coefficient (Wildman–Crippen LogP) is 1.69. The van der Waals surface area contributed by atoms with Gasteiger partial charge in [-0.25, -0.2) is 13.2 Å². The molecule has 0 aromatic heterocycles. The number of hydrogen-bond acceptors (Lipinski definition) is 7. The van der Waals surface area contributed by atoms with E-state index in [1.165, 1.54) is 11.8 Å². The minimum absolute atomic E-state index is 0.0587. The fourth-order valence-corrected chi connectivity index (χ4v) is 3.92. The molecule has 28 heavy (non-hydrogen) atoms. The number of anilines is 1. The van der Waals surface area contributed by atoms with Crippen molar-refractivity contribution in [2.24, 2.45) is 0 Å². The highest BCUT2D eigenvalue weighted by Crippen LogP contribution is 2.31. The van der Waals surface area contributed by atoms with Gasteiger partial charge in [-0.1, -0.05) is 12.1 Å². The van der Waals surface area contributed by atoms with Crippen LogP contribution >= 0.6 is 0 Å². The van der Waals surface area contributed by atoms with E-state index in [2.05, 4.69) is 0 Å². The molecule has 0 bridgehead atoms. The number of benzene rings is 1. The number of ether oxygens (including phenoxy) is 2. The number of rotatable bonds is 9. The first-order valence-electron chi connectivity index (χ1n) is 9.17. The Hall–Kier alpha value is -2.13. The predicted molar refractivity (Wildman–Crippen MR) is 104 cm³/mol. The summed E-state index contributed by atoms with van der Waals surface area (Å²) in [6.45, 7) is 3.21. The Morgan fingerprint density at radius 2 is 2.00 bits per heavy atom. The molecule has 1 amide bonds. The van der Waals surface area contributed by atoms with Crippen LogP contribution in [0.25, 0.3) is 0 Å². The van der Waals surface area contributed by atoms with E-state index < -0.39 is 32.8 Å². The minimum Gasteiger partial charge on any atom is -0.465 e. The van der Waals surface area contributed by atoms with E-state index in [9.17, 15) is 18.0 Å². The van der Waals surface area contributed by atoms with E-state index >= 15 is 0 Å². The first-order valence-corrected chi connectivity index (χ1v) is 11.1. The molecule has 1 heterocycles. The Morgan fingerprint density at radius 1 is 1.36 bits per heavy atom. The third kappa shape index (κ3) is 4.82. The number of nitrogens with zero attached hydrogens (tertiary/aromatic N) is 1. The van der Waals surface area contributed by atoms with E-state index in [4.69, 9.17) is 14.6 Å². The second kappa shape index (κ2) is 8.91. The summed E-state index contributed by atoms with van der Waals surface area (Å²) >= 11 is 0. The topological polar surface area (TPSA) is 110 Å². The highest BCUT2D eigenvalue weighted by molar-refractivity contribution is 7.92. The summed E-state index contributed by atoms with van der Waals surface area (Å²) in [5.74, 6) is -0.847. The first kappa shape index (κ1) is 22.2. The first-order chi connectivity index (χ1) is 13.1. The van der Waals surface area contributed by atoms with Crippen molar-refractivity contribution in [1.82, 2.24) is 0 Å². The smallest absolute Gasteiger partial charge is 0.414 e. The van der Waals surface area contributed by atoms with Gasteiger partial charge in [-0.3, -0.25) is 9.69 Å². The lowest BCUT2D eigenvalue weighted by Gasteiger charge is -2.27. The second-order valence-electron chi connectivity index (χ2n) is 7.04. The molecule has 8 nitrogen and oxygen atoms in total. The largest absolute Gasteiger partial charge is 0.465 e. The van der Waals surface area contributed by atoms with E-state index in [0.29, 0.717) is 12.1 Å². The van der Waals surface area contributed by atoms with Gasteiger partial charge >= 0.3 is 12.1 Å². The zero-order valence-electron chi connectivity index (χ0n) is 16.4. The monoisotopic (exact) mass is 413 g/mol. The van der Waals surface area contributed by atoms with Gasteiger partial charge in [0.1, 0.15) is 6.10 Å². The van der Waals surface area contributed by atoms with E-state index in [-0.39, 0.29) is 26.2 Å². The molecule has 1 aromatic rings. The molecule has 1 aliphatic rings. The van der Waals surface area contributed by atoms with Crippen LogP contribution in [0.15, 0.2) is 24.3 Å². The van der Waals surface area contributed by atoms with Crippen molar-refractivity contribution in [1.29, 1.82) is 0 Å². The van der Waals surface area contributed by atoms with Gasteiger partial charge in [0.2, 0.25) is 0 Å². The highest BCUT2D eigenvalue weighted by Gasteiger charge is 2.49. The number of aliphatic hydroxyl groups excluding tert-OH is 1. The molecule has 2 atom stereocenters. The lowest BCUT2D eigenvalue weighted by Crippen LogP contribution is -2.47. The van der Waals surface area contributed by atoms with Crippen molar-refractivity contribution in [2.75, 3.05) is 30.9 Å². The van der Waals surface area contributed by atoms with E-state index in [1.54, 1.807) is 19.1 Å². The number of aryl methyl sites for hydroxylation is 1. The molecule has 0 aliphatic carbocycles. The Morgan fingerprint density at radius 3 is 2.54 bits per heavy atom. The van der Waals surface area contributed by atoms with Crippen molar-refractivity contribution in [3.05, 3.63) is 29.8 Å². The van der Waals surface area contributed by atoms with Gasteiger partial charge in [-0.2, -0.15) is 0 Å². The Kier molecular flexibility index (Phi) is 7.06. The van der Waals surface area contributed by atoms with Gasteiger partial charge in [0, 0.05) is 25.0 Å². The van der Waals surface area contributed by atoms with Crippen LogP contribution in [-0.2, 0) is 30.5 Å². The minimum atomic E-state index is -3.79. The molecule has 1 saturated heterocycles. The summed E-state index contributed by atoms with van der Waals surface area (Å²) in [6, 6.07) is 7.28. The molecular weight excluding hydrogens is 386 g/mol. The molecule has 1 aliphatic heterocycles. The van der Waals surface area contributed by atoms with Gasteiger partial charge in [-0.05, 0) is 44.4 Å². The molecule has 9 heteroatoms. The number of sulfone groups is 1. The lowest BCUT2D eigenvalue weighted by molar-refractivity contribution is -0.146. The van der Waals surface area contributed by atoms with Crippen molar-refractivity contribution in [3.63, 3.8) is 0 Å². The maximum Gasteiger partial charge on any atom is 0.414 e. The number of amides is 1. The third-order valence-electron chi connectivity index (χ3n) is 4.89. The summed E-state index contributed by atoms with van der Waals surface area (Å²) < 4.78 is 33.0. The molecule has 0 unspecified atom stereocenters. The van der Waals surface area contributed by atoms with Crippen LogP contribution in [0.1, 0.15) is 32.3 Å². The second-order valence-corrected chi connectivity index (χ2v) is 9.48. The molecule has 0 radical (unpaired) electrons. The average molecular weight is 413 g/mol. The number of carbonyl (C=O) groups is 2. The van der Waals surface area contributed by atoms with Crippen molar-refractivity contribution >= 4 is 27.6 Å². The Balaban J connectivity index is 2.13. The van der Waals surface area contributed by atoms with Crippen molar-refractivity contribution < 1.29 is 32.6 Å². The van der Waals surface area contributed by atoms with Crippen LogP contribution in [0.5, 0.6) is 0 Å². The standard InChI is InChI=1S/C19H27NO7S/c1-4-26-17(22)19(2,28(3,24)25)12-16-13-20(18(23)27-16)15-9-7-14(8-10-15)6-5-11-21/h7-10,16,21H,4-6,11-13H2,1-3H3/t16-,19+/m0/s1. The fraction of sp³-hybridized carbons (Fsp3) is 0.579. The molecule has 1 N–H and O–H groups in total. The summed E-state index contributed by atoms with van der Waals surface area (Å²) in [5, 5.41) is 8.90. The van der Waals surface area contributed by atoms with Gasteiger partial charge < -0.3 is 14.6 Å². The molecule has 2 rings (SSSR count). The van der Waals surface area contributed by atoms with Crippen LogP contribution in [0, 0.1) is 0 Å². The number of aliphatic hydroxyl groups is 1. The van der Waals surface area contributed by atoms with Crippen LogP contribution < -0.4 is 4.90 Å². The molecule has 1 fully saturated rings. The zero-order valence-corrected chi connectivity index (χ0v) is 17.2. The van der Waals surface area contributed by atoms with Crippen LogP contribution in [0.2, 0.25) is 0 Å². The molecule has 156 valence electrons. The maximum absolute atomic E-state index is 12.3. The van der Waals surface area contributed by atoms with Crippen molar-refractivity contribution in [2.45, 2.75) is 44.0 Å². The summed E-state index contributed by atoms with van der Waals surface area (Å²) in [7, 11) is -3.79. The molecule has 1 aromatic carbocycles. The number of cyclic esters (lactones) is 1. The van der Waals surface area contributed by atoms with Crippen LogP contribution in [-0.4, -0.2) is 62.5 Å². The third-order valence-corrected chi connectivity index (χ3v) is 6.86. The number of carbonyl (C=O) groups excluding carboxylic acids is 2. The average Bonchev–Trinajstić information content (AvgIpc) is 2.99. The summed E-state index contributed by atoms with van der Waals surface area (Å²) in [6.07, 6.45) is 0.838. The summed E-state index contributed by atoms with van der Waals surface area (Å²) in [4.78, 5) is 26.0. The van der Waals surface area contributed by atoms with Crippen LogP contribution in [0.3, 0.4) is 0 Å². The Bertz CT molecular complexity index is 806.